The van der Waals surface area contributed by atoms with Crippen molar-refractivity contribution in [2.75, 3.05) is 19.6 Å². The Morgan fingerprint density at radius 2 is 1.83 bits per heavy atom. The molecule has 4 nitrogen and oxygen atoms in total. The Morgan fingerprint density at radius 1 is 1.25 bits per heavy atom. The van der Waals surface area contributed by atoms with E-state index >= 15 is 0 Å². The Hall–Kier alpha value is -0.160. The van der Waals surface area contributed by atoms with Crippen molar-refractivity contribution in [1.82, 2.24) is 5.32 Å². The maximum absolute atomic E-state index is 9.21. The number of hydrogen-bond acceptors (Lipinski definition) is 4. The van der Waals surface area contributed by atoms with Gasteiger partial charge >= 0.3 is 0 Å². The molecule has 0 aliphatic rings. The van der Waals surface area contributed by atoms with Gasteiger partial charge in [-0.2, -0.15) is 0 Å². The van der Waals surface area contributed by atoms with Crippen molar-refractivity contribution in [1.29, 1.82) is 0 Å². The van der Waals surface area contributed by atoms with Crippen molar-refractivity contribution < 1.29 is 10.2 Å². The van der Waals surface area contributed by atoms with E-state index in [4.69, 9.17) is 10.8 Å². The molecule has 12 heavy (non-hydrogen) atoms. The zero-order valence-corrected chi connectivity index (χ0v) is 7.66. The molecule has 0 radical (unpaired) electrons. The highest BCUT2D eigenvalue weighted by atomic mass is 16.3. The fourth-order valence-corrected chi connectivity index (χ4v) is 0.855. The second-order valence-electron chi connectivity index (χ2n) is 2.95. The lowest BCUT2D eigenvalue weighted by molar-refractivity contribution is 0.139. The molecule has 0 saturated carbocycles. The summed E-state index contributed by atoms with van der Waals surface area (Å²) in [6.07, 6.45) is 0.643. The highest BCUT2D eigenvalue weighted by molar-refractivity contribution is 4.62. The van der Waals surface area contributed by atoms with E-state index in [1.165, 1.54) is 0 Å². The highest BCUT2D eigenvalue weighted by Gasteiger charge is 2.03. The van der Waals surface area contributed by atoms with Gasteiger partial charge in [-0.1, -0.05) is 6.92 Å². The minimum Gasteiger partial charge on any atom is -0.392 e. The highest BCUT2D eigenvalue weighted by Crippen LogP contribution is 1.89. The van der Waals surface area contributed by atoms with Gasteiger partial charge in [0.05, 0.1) is 12.2 Å². The average Bonchev–Trinajstić information content (AvgIpc) is 2.04. The second-order valence-corrected chi connectivity index (χ2v) is 2.95. The summed E-state index contributed by atoms with van der Waals surface area (Å²) in [5, 5.41) is 21.3. The lowest BCUT2D eigenvalue weighted by Crippen LogP contribution is -2.33. The van der Waals surface area contributed by atoms with Crippen molar-refractivity contribution in [3.8, 4) is 0 Å². The van der Waals surface area contributed by atoms with Gasteiger partial charge in [0, 0.05) is 13.1 Å². The number of nitrogens with two attached hydrogens (primary N) is 1. The van der Waals surface area contributed by atoms with Gasteiger partial charge in [-0.15, -0.1) is 0 Å². The zero-order valence-electron chi connectivity index (χ0n) is 7.66. The molecule has 0 fully saturated rings. The van der Waals surface area contributed by atoms with Crippen molar-refractivity contribution in [3.63, 3.8) is 0 Å². The third-order valence-corrected chi connectivity index (χ3v) is 1.73. The van der Waals surface area contributed by atoms with Crippen LogP contribution in [0.25, 0.3) is 0 Å². The molecule has 74 valence electrons. The molecule has 0 bridgehead atoms. The van der Waals surface area contributed by atoms with Crippen LogP contribution in [0.15, 0.2) is 0 Å². The van der Waals surface area contributed by atoms with Crippen molar-refractivity contribution in [3.05, 3.63) is 0 Å². The fourth-order valence-electron chi connectivity index (χ4n) is 0.855. The number of aliphatic hydroxyl groups is 2. The van der Waals surface area contributed by atoms with Gasteiger partial charge in [0.25, 0.3) is 0 Å². The normalized spacial score (nSPS) is 16.0. The summed E-state index contributed by atoms with van der Waals surface area (Å²) >= 11 is 0. The van der Waals surface area contributed by atoms with Crippen LogP contribution in [-0.4, -0.2) is 42.1 Å². The summed E-state index contributed by atoms with van der Waals surface area (Å²) in [5.74, 6) is 0. The molecule has 2 unspecified atom stereocenters. The Bertz CT molecular complexity index is 101. The minimum atomic E-state index is -0.390. The molecule has 0 rings (SSSR count). The smallest absolute Gasteiger partial charge is 0.0676 e. The Kier molecular flexibility index (Phi) is 7.39. The van der Waals surface area contributed by atoms with Gasteiger partial charge in [0.1, 0.15) is 0 Å². The molecule has 0 heterocycles. The minimum absolute atomic E-state index is 0.310. The van der Waals surface area contributed by atoms with Crippen molar-refractivity contribution in [2.24, 2.45) is 5.73 Å². The average molecular weight is 176 g/mol. The predicted molar refractivity (Wildman–Crippen MR) is 48.8 cm³/mol. The Morgan fingerprint density at radius 3 is 2.33 bits per heavy atom. The summed E-state index contributed by atoms with van der Waals surface area (Å²) in [6, 6.07) is 0. The summed E-state index contributed by atoms with van der Waals surface area (Å²) in [6.45, 7) is 3.47. The van der Waals surface area contributed by atoms with Crippen LogP contribution in [-0.2, 0) is 0 Å². The molecule has 0 aliphatic carbocycles. The maximum atomic E-state index is 9.21. The van der Waals surface area contributed by atoms with Crippen LogP contribution in [0, 0.1) is 0 Å². The van der Waals surface area contributed by atoms with Crippen LogP contribution < -0.4 is 11.1 Å². The van der Waals surface area contributed by atoms with Gasteiger partial charge in [-0.3, -0.25) is 0 Å². The number of nitrogens with one attached hydrogen (secondary N) is 1. The first-order valence-electron chi connectivity index (χ1n) is 4.47. The first-order chi connectivity index (χ1) is 5.70. The molecule has 2 atom stereocenters. The third kappa shape index (κ3) is 6.54. The molecular formula is C8H20N2O2. The molecule has 0 aromatic rings. The monoisotopic (exact) mass is 176 g/mol. The van der Waals surface area contributed by atoms with E-state index in [1.54, 1.807) is 0 Å². The van der Waals surface area contributed by atoms with Crippen LogP contribution >= 0.6 is 0 Å². The Labute approximate surface area is 73.8 Å². The summed E-state index contributed by atoms with van der Waals surface area (Å²) in [7, 11) is 0. The van der Waals surface area contributed by atoms with E-state index in [0.29, 0.717) is 26.1 Å². The van der Waals surface area contributed by atoms with E-state index in [2.05, 4.69) is 5.32 Å². The maximum Gasteiger partial charge on any atom is 0.0676 e. The van der Waals surface area contributed by atoms with Crippen LogP contribution in [0.1, 0.15) is 19.8 Å². The number of rotatable bonds is 7. The molecule has 4 heteroatoms. The van der Waals surface area contributed by atoms with Crippen molar-refractivity contribution in [2.45, 2.75) is 32.0 Å². The van der Waals surface area contributed by atoms with Crippen LogP contribution in [0.2, 0.25) is 0 Å². The molecule has 0 aliphatic heterocycles. The second kappa shape index (κ2) is 7.49. The van der Waals surface area contributed by atoms with Gasteiger partial charge in [0.2, 0.25) is 0 Å². The van der Waals surface area contributed by atoms with E-state index in [-0.39, 0.29) is 12.2 Å². The molecule has 0 aromatic heterocycles. The summed E-state index contributed by atoms with van der Waals surface area (Å²) in [5.41, 5.74) is 5.25. The van der Waals surface area contributed by atoms with Crippen LogP contribution in [0.3, 0.4) is 0 Å². The van der Waals surface area contributed by atoms with Gasteiger partial charge in [-0.25, -0.2) is 0 Å². The molecule has 0 amide bonds. The topological polar surface area (TPSA) is 78.5 Å². The van der Waals surface area contributed by atoms with Crippen LogP contribution in [0.5, 0.6) is 0 Å². The molecule has 0 spiro atoms. The first kappa shape index (κ1) is 11.8. The lowest BCUT2D eigenvalue weighted by atomic mass is 10.2. The van der Waals surface area contributed by atoms with E-state index in [9.17, 15) is 5.11 Å². The SMILES string of the molecule is CCC(O)CNCC(O)CCN. The van der Waals surface area contributed by atoms with Gasteiger partial charge < -0.3 is 21.3 Å². The quantitative estimate of drug-likeness (QED) is 0.403. The zero-order chi connectivity index (χ0) is 9.40. The largest absolute Gasteiger partial charge is 0.392 e. The lowest BCUT2D eigenvalue weighted by Gasteiger charge is -2.12. The first-order valence-corrected chi connectivity index (χ1v) is 4.47. The summed E-state index contributed by atoms with van der Waals surface area (Å²) < 4.78 is 0. The van der Waals surface area contributed by atoms with Crippen LogP contribution in [0.4, 0.5) is 0 Å². The molecular weight excluding hydrogens is 156 g/mol. The van der Waals surface area contributed by atoms with Gasteiger partial charge in [-0.05, 0) is 19.4 Å². The standard InChI is InChI=1S/C8H20N2O2/c1-2-7(11)5-10-6-8(12)3-4-9/h7-8,10-12H,2-6,9H2,1H3. The molecule has 5 N–H and O–H groups in total. The fraction of sp³-hybridized carbons (Fsp3) is 1.00. The molecule has 0 aromatic carbocycles. The molecule has 0 saturated heterocycles. The number of hydrogen-bond donors (Lipinski definition) is 4. The Balaban J connectivity index is 3.18. The van der Waals surface area contributed by atoms with Gasteiger partial charge in [0.15, 0.2) is 0 Å². The van der Waals surface area contributed by atoms with E-state index in [1.807, 2.05) is 6.92 Å². The van der Waals surface area contributed by atoms with Crippen molar-refractivity contribution >= 4 is 0 Å². The van der Waals surface area contributed by atoms with E-state index in [0.717, 1.165) is 6.42 Å². The summed E-state index contributed by atoms with van der Waals surface area (Å²) in [4.78, 5) is 0. The number of aliphatic hydroxyl groups excluding tert-OH is 2. The predicted octanol–water partition coefficient (Wildman–Crippen LogP) is -0.943. The van der Waals surface area contributed by atoms with E-state index < -0.39 is 0 Å². The third-order valence-electron chi connectivity index (χ3n) is 1.73.